The van der Waals surface area contributed by atoms with Gasteiger partial charge in [0.05, 0.1) is 21.6 Å². The molecular weight excluding hydrogens is 374 g/mol. The second-order valence-corrected chi connectivity index (χ2v) is 8.08. The molecule has 6 nitrogen and oxygen atoms in total. The molecule has 4 rings (SSSR count). The zero-order valence-corrected chi connectivity index (χ0v) is 15.8. The fourth-order valence-electron chi connectivity index (χ4n) is 2.96. The third-order valence-electron chi connectivity index (χ3n) is 4.33. The van der Waals surface area contributed by atoms with Crippen LogP contribution in [0.4, 0.5) is 5.69 Å². The van der Waals surface area contributed by atoms with Gasteiger partial charge in [0.2, 0.25) is 0 Å². The zero-order chi connectivity index (χ0) is 19.7. The van der Waals surface area contributed by atoms with E-state index in [9.17, 15) is 13.2 Å². The average molecular weight is 391 g/mol. The minimum absolute atomic E-state index is 0.141. The number of aryl methyl sites for hydroxylation is 1. The standard InChI is InChI=1S/C21H17N3O3S/c1-14-11-12-17(24-28(26,27)15-7-3-2-4-8-15)16(13-14)20-21(25)23-19-10-6-5-9-18(19)22-20/h2-13,24H,1H3,(H,23,25). The lowest BCUT2D eigenvalue weighted by atomic mass is 10.1. The number of hydrogen-bond donors (Lipinski definition) is 2. The number of nitrogens with one attached hydrogen (secondary N) is 2. The molecule has 1 aromatic heterocycles. The Morgan fingerprint density at radius 1 is 0.929 bits per heavy atom. The highest BCUT2D eigenvalue weighted by molar-refractivity contribution is 7.92. The van der Waals surface area contributed by atoms with Gasteiger partial charge in [-0.25, -0.2) is 13.4 Å². The van der Waals surface area contributed by atoms with Crippen LogP contribution in [0.25, 0.3) is 22.3 Å². The van der Waals surface area contributed by atoms with Crippen molar-refractivity contribution in [3.8, 4) is 11.3 Å². The molecule has 1 heterocycles. The first-order valence-corrected chi connectivity index (χ1v) is 10.1. The predicted octanol–water partition coefficient (Wildman–Crippen LogP) is 3.70. The molecule has 0 unspecified atom stereocenters. The molecule has 0 atom stereocenters. The Hall–Kier alpha value is -3.45. The van der Waals surface area contributed by atoms with Crippen molar-refractivity contribution >= 4 is 26.7 Å². The van der Waals surface area contributed by atoms with Crippen molar-refractivity contribution in [2.75, 3.05) is 4.72 Å². The highest BCUT2D eigenvalue weighted by atomic mass is 32.2. The number of aromatic nitrogens is 2. The van der Waals surface area contributed by atoms with Crippen molar-refractivity contribution < 1.29 is 8.42 Å². The molecule has 0 spiro atoms. The van der Waals surface area contributed by atoms with Gasteiger partial charge in [-0.2, -0.15) is 0 Å². The van der Waals surface area contributed by atoms with Gasteiger partial charge in [-0.1, -0.05) is 42.0 Å². The van der Waals surface area contributed by atoms with E-state index in [0.717, 1.165) is 5.56 Å². The third kappa shape index (κ3) is 3.39. The Morgan fingerprint density at radius 3 is 2.43 bits per heavy atom. The van der Waals surface area contributed by atoms with Gasteiger partial charge < -0.3 is 4.98 Å². The number of aromatic amines is 1. The average Bonchev–Trinajstić information content (AvgIpc) is 2.69. The maximum absolute atomic E-state index is 12.7. The topological polar surface area (TPSA) is 91.9 Å². The Morgan fingerprint density at radius 2 is 1.64 bits per heavy atom. The number of sulfonamides is 1. The molecule has 0 saturated carbocycles. The minimum atomic E-state index is -3.80. The summed E-state index contributed by atoms with van der Waals surface area (Å²) in [6, 6.07) is 20.4. The normalized spacial score (nSPS) is 11.5. The largest absolute Gasteiger partial charge is 0.319 e. The summed E-state index contributed by atoms with van der Waals surface area (Å²) in [6.45, 7) is 1.87. The van der Waals surface area contributed by atoms with E-state index in [4.69, 9.17) is 0 Å². The summed E-state index contributed by atoms with van der Waals surface area (Å²) < 4.78 is 28.1. The van der Waals surface area contributed by atoms with E-state index in [2.05, 4.69) is 14.7 Å². The van der Waals surface area contributed by atoms with Crippen LogP contribution in [-0.2, 0) is 10.0 Å². The van der Waals surface area contributed by atoms with Crippen molar-refractivity contribution in [3.05, 3.63) is 88.7 Å². The summed E-state index contributed by atoms with van der Waals surface area (Å²) in [5.41, 5.74) is 2.62. The number of H-pyrrole nitrogens is 1. The number of para-hydroxylation sites is 2. The van der Waals surface area contributed by atoms with Crippen LogP contribution in [0.3, 0.4) is 0 Å². The van der Waals surface area contributed by atoms with Gasteiger partial charge in [0, 0.05) is 5.56 Å². The van der Waals surface area contributed by atoms with E-state index in [1.165, 1.54) is 12.1 Å². The fourth-order valence-corrected chi connectivity index (χ4v) is 4.06. The Balaban J connectivity index is 1.87. The minimum Gasteiger partial charge on any atom is -0.319 e. The molecule has 28 heavy (non-hydrogen) atoms. The maximum atomic E-state index is 12.7. The number of benzene rings is 3. The molecule has 0 saturated heterocycles. The first kappa shape index (κ1) is 17.9. The van der Waals surface area contributed by atoms with Gasteiger partial charge in [-0.15, -0.1) is 0 Å². The van der Waals surface area contributed by atoms with E-state index in [-0.39, 0.29) is 16.1 Å². The summed E-state index contributed by atoms with van der Waals surface area (Å²) in [4.78, 5) is 20.1. The fraction of sp³-hybridized carbons (Fsp3) is 0.0476. The van der Waals surface area contributed by atoms with Crippen LogP contribution in [0.1, 0.15) is 5.56 Å². The summed E-state index contributed by atoms with van der Waals surface area (Å²) >= 11 is 0. The SMILES string of the molecule is Cc1ccc(NS(=O)(=O)c2ccccc2)c(-c2nc3ccccc3[nH]c2=O)c1. The van der Waals surface area contributed by atoms with Gasteiger partial charge in [-0.3, -0.25) is 9.52 Å². The van der Waals surface area contributed by atoms with Crippen molar-refractivity contribution in [2.24, 2.45) is 0 Å². The molecule has 3 aromatic carbocycles. The van der Waals surface area contributed by atoms with E-state index in [1.807, 2.05) is 19.1 Å². The lowest BCUT2D eigenvalue weighted by molar-refractivity contribution is 0.601. The van der Waals surface area contributed by atoms with Gasteiger partial charge in [0.25, 0.3) is 15.6 Å². The van der Waals surface area contributed by atoms with Crippen LogP contribution in [0.2, 0.25) is 0 Å². The van der Waals surface area contributed by atoms with Crippen LogP contribution in [-0.4, -0.2) is 18.4 Å². The molecule has 140 valence electrons. The zero-order valence-electron chi connectivity index (χ0n) is 15.0. The number of nitrogens with zero attached hydrogens (tertiary/aromatic N) is 1. The number of hydrogen-bond acceptors (Lipinski definition) is 4. The van der Waals surface area contributed by atoms with E-state index < -0.39 is 10.0 Å². The van der Waals surface area contributed by atoms with Gasteiger partial charge in [-0.05, 0) is 43.3 Å². The first-order chi connectivity index (χ1) is 13.4. The molecular formula is C21H17N3O3S. The van der Waals surface area contributed by atoms with Crippen LogP contribution in [0, 0.1) is 6.92 Å². The van der Waals surface area contributed by atoms with Crippen molar-refractivity contribution in [1.29, 1.82) is 0 Å². The van der Waals surface area contributed by atoms with E-state index in [1.54, 1.807) is 48.5 Å². The summed E-state index contributed by atoms with van der Waals surface area (Å²) in [5.74, 6) is 0. The van der Waals surface area contributed by atoms with Gasteiger partial charge in [0.1, 0.15) is 5.69 Å². The van der Waals surface area contributed by atoms with Crippen molar-refractivity contribution in [2.45, 2.75) is 11.8 Å². The summed E-state index contributed by atoms with van der Waals surface area (Å²) in [6.07, 6.45) is 0. The molecule has 0 radical (unpaired) electrons. The van der Waals surface area contributed by atoms with Gasteiger partial charge in [0.15, 0.2) is 0 Å². The monoisotopic (exact) mass is 391 g/mol. The first-order valence-electron chi connectivity index (χ1n) is 8.62. The summed E-state index contributed by atoms with van der Waals surface area (Å²) in [5, 5.41) is 0. The van der Waals surface area contributed by atoms with Crippen LogP contribution >= 0.6 is 0 Å². The molecule has 0 aliphatic rings. The lowest BCUT2D eigenvalue weighted by Crippen LogP contribution is -2.16. The molecule has 0 aliphatic carbocycles. The van der Waals surface area contributed by atoms with Crippen LogP contribution in [0.5, 0.6) is 0 Å². The van der Waals surface area contributed by atoms with Crippen molar-refractivity contribution in [3.63, 3.8) is 0 Å². The molecule has 7 heteroatoms. The lowest BCUT2D eigenvalue weighted by Gasteiger charge is -2.13. The maximum Gasteiger partial charge on any atom is 0.275 e. The quantitative estimate of drug-likeness (QED) is 0.555. The van der Waals surface area contributed by atoms with Crippen LogP contribution < -0.4 is 10.3 Å². The van der Waals surface area contributed by atoms with E-state index in [0.29, 0.717) is 22.3 Å². The molecule has 0 fully saturated rings. The molecule has 0 aliphatic heterocycles. The Bertz CT molecular complexity index is 1330. The molecule has 4 aromatic rings. The van der Waals surface area contributed by atoms with E-state index >= 15 is 0 Å². The molecule has 2 N–H and O–H groups in total. The van der Waals surface area contributed by atoms with Crippen molar-refractivity contribution in [1.82, 2.24) is 9.97 Å². The highest BCUT2D eigenvalue weighted by Gasteiger charge is 2.18. The highest BCUT2D eigenvalue weighted by Crippen LogP contribution is 2.28. The number of anilines is 1. The summed E-state index contributed by atoms with van der Waals surface area (Å²) in [7, 11) is -3.80. The molecule has 0 bridgehead atoms. The smallest absolute Gasteiger partial charge is 0.275 e. The Labute approximate surface area is 162 Å². The Kier molecular flexibility index (Phi) is 4.44. The second kappa shape index (κ2) is 6.94. The second-order valence-electron chi connectivity index (χ2n) is 6.40. The third-order valence-corrected chi connectivity index (χ3v) is 5.71. The number of rotatable bonds is 4. The predicted molar refractivity (Wildman–Crippen MR) is 110 cm³/mol. The van der Waals surface area contributed by atoms with Gasteiger partial charge >= 0.3 is 0 Å². The van der Waals surface area contributed by atoms with Crippen LogP contribution in [0.15, 0.2) is 82.5 Å². The molecule has 0 amide bonds. The number of fused-ring (bicyclic) bond motifs is 1.